The summed E-state index contributed by atoms with van der Waals surface area (Å²) in [5.41, 5.74) is 1.86. The van der Waals surface area contributed by atoms with Crippen molar-refractivity contribution in [3.8, 4) is 11.6 Å². The van der Waals surface area contributed by atoms with Crippen LogP contribution in [0.1, 0.15) is 57.0 Å². The van der Waals surface area contributed by atoms with Crippen molar-refractivity contribution < 1.29 is 22.6 Å². The first kappa shape index (κ1) is 22.9. The Kier molecular flexibility index (Phi) is 7.41. The number of ether oxygens (including phenoxy) is 2. The Balaban J connectivity index is 1.92. The molecule has 0 bridgehead atoms. The van der Waals surface area contributed by atoms with Crippen molar-refractivity contribution >= 4 is 5.57 Å². The highest BCUT2D eigenvalue weighted by Gasteiger charge is 2.37. The Labute approximate surface area is 180 Å². The second-order valence-electron chi connectivity index (χ2n) is 7.52. The first-order valence-electron chi connectivity index (χ1n) is 10.5. The summed E-state index contributed by atoms with van der Waals surface area (Å²) in [6.45, 7) is 4.25. The Hall–Kier alpha value is -2.77. The lowest BCUT2D eigenvalue weighted by Crippen LogP contribution is -2.21. The summed E-state index contributed by atoms with van der Waals surface area (Å²) in [5.74, 6) is -0.425. The van der Waals surface area contributed by atoms with E-state index in [4.69, 9.17) is 9.47 Å². The fraction of sp³-hybridized carbons (Fsp3) is 0.478. The average Bonchev–Trinajstić information content (AvgIpc) is 3.17. The Morgan fingerprint density at radius 1 is 1.35 bits per heavy atom. The molecule has 31 heavy (non-hydrogen) atoms. The van der Waals surface area contributed by atoms with Crippen molar-refractivity contribution in [2.24, 2.45) is 5.92 Å². The van der Waals surface area contributed by atoms with Crippen LogP contribution in [0.15, 0.2) is 42.6 Å². The van der Waals surface area contributed by atoms with Crippen LogP contribution in [0.3, 0.4) is 0 Å². The van der Waals surface area contributed by atoms with Crippen LogP contribution in [0.5, 0.6) is 11.6 Å². The molecule has 2 aromatic rings. The van der Waals surface area contributed by atoms with Crippen LogP contribution >= 0.6 is 0 Å². The van der Waals surface area contributed by atoms with Crippen molar-refractivity contribution in [3.63, 3.8) is 0 Å². The van der Waals surface area contributed by atoms with Crippen molar-refractivity contribution in [2.75, 3.05) is 7.11 Å². The van der Waals surface area contributed by atoms with E-state index in [-0.39, 0.29) is 12.5 Å². The quantitative estimate of drug-likeness (QED) is 0.468. The molecule has 3 rings (SSSR count). The Bertz CT molecular complexity index is 934. The van der Waals surface area contributed by atoms with Crippen LogP contribution in [0.2, 0.25) is 0 Å². The summed E-state index contributed by atoms with van der Waals surface area (Å²) in [5, 5.41) is 4.60. The van der Waals surface area contributed by atoms with E-state index in [1.807, 2.05) is 10.7 Å². The van der Waals surface area contributed by atoms with E-state index in [2.05, 4.69) is 10.1 Å². The van der Waals surface area contributed by atoms with E-state index in [9.17, 15) is 13.2 Å². The third-order valence-electron chi connectivity index (χ3n) is 5.21. The Morgan fingerprint density at radius 2 is 2.16 bits per heavy atom. The zero-order valence-corrected chi connectivity index (χ0v) is 18.0. The van der Waals surface area contributed by atoms with Gasteiger partial charge >= 0.3 is 6.18 Å². The number of pyridine rings is 1. The van der Waals surface area contributed by atoms with Gasteiger partial charge in [0.15, 0.2) is 0 Å². The van der Waals surface area contributed by atoms with Gasteiger partial charge in [-0.05, 0) is 43.9 Å². The van der Waals surface area contributed by atoms with Gasteiger partial charge in [-0.2, -0.15) is 18.3 Å². The molecule has 2 atom stereocenters. The van der Waals surface area contributed by atoms with Gasteiger partial charge in [0.2, 0.25) is 5.88 Å². The molecule has 0 saturated heterocycles. The van der Waals surface area contributed by atoms with Crippen LogP contribution in [0, 0.1) is 5.92 Å². The summed E-state index contributed by atoms with van der Waals surface area (Å²) < 4.78 is 53.6. The average molecular weight is 435 g/mol. The number of nitrogens with zero attached hydrogens (tertiary/aromatic N) is 3. The number of aryl methyl sites for hydroxylation is 1. The molecular formula is C23H28F3N3O2. The number of hydrogen-bond acceptors (Lipinski definition) is 4. The first-order valence-corrected chi connectivity index (χ1v) is 10.5. The number of alkyl halides is 3. The topological polar surface area (TPSA) is 49.2 Å². The summed E-state index contributed by atoms with van der Waals surface area (Å²) in [4.78, 5) is 4.08. The minimum atomic E-state index is -4.28. The van der Waals surface area contributed by atoms with Gasteiger partial charge in [0.1, 0.15) is 11.9 Å². The molecule has 1 aliphatic rings. The normalized spacial score (nSPS) is 18.1. The molecule has 0 aromatic carbocycles. The molecule has 0 aliphatic carbocycles. The number of allylic oxidation sites excluding steroid dienone is 4. The smallest absolute Gasteiger partial charge is 0.395 e. The number of fused-ring (bicyclic) bond motifs is 1. The third-order valence-corrected chi connectivity index (χ3v) is 5.21. The summed E-state index contributed by atoms with van der Waals surface area (Å²) in [6.07, 6.45) is 3.95. The summed E-state index contributed by atoms with van der Waals surface area (Å²) >= 11 is 0. The van der Waals surface area contributed by atoms with Gasteiger partial charge in [-0.15, -0.1) is 0 Å². The van der Waals surface area contributed by atoms with E-state index in [0.29, 0.717) is 35.9 Å². The zero-order chi connectivity index (χ0) is 22.4. The minimum Gasteiger partial charge on any atom is -0.484 e. The standard InChI is InChI=1S/C23H28F3N3O2/c1-4-7-16(13-17(8-5-2)23(24,25)26)19-15-20-21(9-6-12-29(20)28-19)31-18-10-11-27-22(14-18)30-3/h4,7,10-11,13-15,17,21H,5-6,8-9,12H2,1-3H3/b7-4-,16-13+. The number of halogens is 3. The van der Waals surface area contributed by atoms with Crippen LogP contribution in [-0.4, -0.2) is 28.1 Å². The maximum Gasteiger partial charge on any atom is 0.395 e. The van der Waals surface area contributed by atoms with E-state index < -0.39 is 12.1 Å². The maximum absolute atomic E-state index is 13.5. The predicted octanol–water partition coefficient (Wildman–Crippen LogP) is 6.14. The van der Waals surface area contributed by atoms with E-state index in [0.717, 1.165) is 18.5 Å². The SMILES string of the molecule is C/C=C\C(=C/C(CCC)C(F)(F)F)c1cc2n(n1)CCCC2Oc1ccnc(OC)c1. The molecule has 0 N–H and O–H groups in total. The lowest BCUT2D eigenvalue weighted by Gasteiger charge is -2.24. The van der Waals surface area contributed by atoms with Crippen LogP contribution in [0.25, 0.3) is 5.57 Å². The van der Waals surface area contributed by atoms with Gasteiger partial charge < -0.3 is 9.47 Å². The van der Waals surface area contributed by atoms with Gasteiger partial charge in [-0.3, -0.25) is 4.68 Å². The molecular weight excluding hydrogens is 407 g/mol. The monoisotopic (exact) mass is 435 g/mol. The van der Waals surface area contributed by atoms with Crippen LogP contribution in [-0.2, 0) is 6.54 Å². The van der Waals surface area contributed by atoms with Crippen molar-refractivity contribution in [1.82, 2.24) is 14.8 Å². The summed E-state index contributed by atoms with van der Waals surface area (Å²) in [7, 11) is 1.54. The summed E-state index contributed by atoms with van der Waals surface area (Å²) in [6, 6.07) is 5.30. The maximum atomic E-state index is 13.5. The van der Waals surface area contributed by atoms with E-state index >= 15 is 0 Å². The molecule has 168 valence electrons. The van der Waals surface area contributed by atoms with Gasteiger partial charge in [-0.1, -0.05) is 31.6 Å². The fourth-order valence-corrected chi connectivity index (χ4v) is 3.72. The zero-order valence-electron chi connectivity index (χ0n) is 18.0. The van der Waals surface area contributed by atoms with Crippen LogP contribution in [0.4, 0.5) is 13.2 Å². The third kappa shape index (κ3) is 5.68. The molecule has 5 nitrogen and oxygen atoms in total. The van der Waals surface area contributed by atoms with Gasteiger partial charge in [0.25, 0.3) is 0 Å². The number of aromatic nitrogens is 3. The molecule has 0 fully saturated rings. The fourth-order valence-electron chi connectivity index (χ4n) is 3.72. The highest BCUT2D eigenvalue weighted by molar-refractivity contribution is 5.72. The lowest BCUT2D eigenvalue weighted by molar-refractivity contribution is -0.162. The molecule has 8 heteroatoms. The Morgan fingerprint density at radius 3 is 2.84 bits per heavy atom. The predicted molar refractivity (Wildman–Crippen MR) is 113 cm³/mol. The molecule has 3 heterocycles. The molecule has 0 saturated carbocycles. The molecule has 0 spiro atoms. The molecule has 2 unspecified atom stereocenters. The van der Waals surface area contributed by atoms with Gasteiger partial charge in [0, 0.05) is 18.8 Å². The van der Waals surface area contributed by atoms with Crippen LogP contribution < -0.4 is 9.47 Å². The second-order valence-corrected chi connectivity index (χ2v) is 7.52. The number of hydrogen-bond donors (Lipinski definition) is 0. The molecule has 1 aliphatic heterocycles. The second kappa shape index (κ2) is 10.0. The van der Waals surface area contributed by atoms with Gasteiger partial charge in [-0.25, -0.2) is 4.98 Å². The number of methoxy groups -OCH3 is 1. The number of rotatable bonds is 8. The molecule has 0 amide bonds. The largest absolute Gasteiger partial charge is 0.484 e. The highest BCUT2D eigenvalue weighted by atomic mass is 19.4. The van der Waals surface area contributed by atoms with E-state index in [1.54, 1.807) is 44.3 Å². The highest BCUT2D eigenvalue weighted by Crippen LogP contribution is 2.36. The van der Waals surface area contributed by atoms with Crippen molar-refractivity contribution in [1.29, 1.82) is 0 Å². The van der Waals surface area contributed by atoms with Crippen molar-refractivity contribution in [2.45, 2.75) is 58.4 Å². The van der Waals surface area contributed by atoms with E-state index in [1.165, 1.54) is 13.2 Å². The molecule has 0 radical (unpaired) electrons. The lowest BCUT2D eigenvalue weighted by atomic mass is 9.97. The molecule has 2 aromatic heterocycles. The van der Waals surface area contributed by atoms with Crippen molar-refractivity contribution in [3.05, 3.63) is 54.0 Å². The minimum absolute atomic E-state index is 0.0493. The first-order chi connectivity index (χ1) is 14.9. The van der Waals surface area contributed by atoms with Gasteiger partial charge in [0.05, 0.1) is 24.4 Å².